The second kappa shape index (κ2) is 7.15. The van der Waals surface area contributed by atoms with Gasteiger partial charge in [-0.25, -0.2) is 0 Å². The fourth-order valence-corrected chi connectivity index (χ4v) is 2.87. The molecule has 0 aromatic heterocycles. The van der Waals surface area contributed by atoms with Crippen LogP contribution in [0.15, 0.2) is 51.4 Å². The van der Waals surface area contributed by atoms with E-state index in [4.69, 9.17) is 0 Å². The highest BCUT2D eigenvalue weighted by atomic mass is 79.9. The van der Waals surface area contributed by atoms with Crippen molar-refractivity contribution in [2.75, 3.05) is 0 Å². The topological polar surface area (TPSA) is 55.2 Å². The molecule has 4 nitrogen and oxygen atoms in total. The first-order valence-electron chi connectivity index (χ1n) is 6.39. The van der Waals surface area contributed by atoms with E-state index in [1.165, 1.54) is 17.7 Å². The Morgan fingerprint density at radius 1 is 1.24 bits per heavy atom. The van der Waals surface area contributed by atoms with Crippen LogP contribution in [0.4, 0.5) is 5.69 Å². The molecule has 0 aliphatic rings. The van der Waals surface area contributed by atoms with Crippen LogP contribution in [0.2, 0.25) is 0 Å². The number of benzene rings is 2. The van der Waals surface area contributed by atoms with Crippen molar-refractivity contribution < 1.29 is 4.92 Å². The Morgan fingerprint density at radius 3 is 2.62 bits per heavy atom. The smallest absolute Gasteiger partial charge is 0.270 e. The Hall–Kier alpha value is -1.24. The van der Waals surface area contributed by atoms with Crippen LogP contribution in [0, 0.1) is 10.1 Å². The van der Waals surface area contributed by atoms with Crippen molar-refractivity contribution in [1.82, 2.24) is 5.32 Å². The van der Waals surface area contributed by atoms with Crippen molar-refractivity contribution in [1.29, 1.82) is 0 Å². The van der Waals surface area contributed by atoms with Gasteiger partial charge < -0.3 is 5.32 Å². The molecule has 0 spiro atoms. The lowest BCUT2D eigenvalue weighted by Crippen LogP contribution is -2.18. The van der Waals surface area contributed by atoms with Crippen LogP contribution in [0.3, 0.4) is 0 Å². The van der Waals surface area contributed by atoms with Gasteiger partial charge in [0.25, 0.3) is 5.69 Å². The van der Waals surface area contributed by atoms with Gasteiger partial charge in [0.1, 0.15) is 0 Å². The van der Waals surface area contributed by atoms with Crippen molar-refractivity contribution in [3.63, 3.8) is 0 Å². The molecular formula is C15H14Br2N2O2. The average Bonchev–Trinajstić information content (AvgIpc) is 2.45. The van der Waals surface area contributed by atoms with E-state index in [2.05, 4.69) is 56.2 Å². The van der Waals surface area contributed by atoms with Crippen LogP contribution in [0.1, 0.15) is 24.1 Å². The van der Waals surface area contributed by atoms with Crippen LogP contribution < -0.4 is 5.32 Å². The summed E-state index contributed by atoms with van der Waals surface area (Å²) in [6, 6.07) is 13.1. The molecule has 0 heterocycles. The van der Waals surface area contributed by atoms with Gasteiger partial charge in [-0.1, -0.05) is 44.0 Å². The van der Waals surface area contributed by atoms with Crippen LogP contribution in [-0.2, 0) is 6.54 Å². The molecule has 2 rings (SSSR count). The van der Waals surface area contributed by atoms with Crippen molar-refractivity contribution >= 4 is 37.5 Å². The lowest BCUT2D eigenvalue weighted by Gasteiger charge is -2.15. The van der Waals surface area contributed by atoms with E-state index in [9.17, 15) is 10.1 Å². The minimum Gasteiger partial charge on any atom is -0.306 e. The number of nitro groups is 1. The van der Waals surface area contributed by atoms with Gasteiger partial charge in [-0.05, 0) is 36.2 Å². The number of hydrogen-bond donors (Lipinski definition) is 1. The lowest BCUT2D eigenvalue weighted by atomic mass is 10.1. The molecule has 2 aromatic carbocycles. The zero-order valence-electron chi connectivity index (χ0n) is 11.3. The molecule has 0 amide bonds. The molecular weight excluding hydrogens is 400 g/mol. The van der Waals surface area contributed by atoms with Crippen molar-refractivity contribution in [2.24, 2.45) is 0 Å². The largest absolute Gasteiger partial charge is 0.306 e. The SMILES string of the molecule is C[C@H](NCc1ccc([N+](=O)[O-])cc1Br)c1cccc(Br)c1. The molecule has 0 bridgehead atoms. The van der Waals surface area contributed by atoms with E-state index >= 15 is 0 Å². The molecule has 1 N–H and O–H groups in total. The van der Waals surface area contributed by atoms with Gasteiger partial charge in [0.05, 0.1) is 4.92 Å². The van der Waals surface area contributed by atoms with Gasteiger partial charge in [-0.2, -0.15) is 0 Å². The van der Waals surface area contributed by atoms with E-state index in [0.29, 0.717) is 6.54 Å². The third-order valence-electron chi connectivity index (χ3n) is 3.19. The molecule has 2 aromatic rings. The third kappa shape index (κ3) is 4.36. The van der Waals surface area contributed by atoms with E-state index in [-0.39, 0.29) is 11.7 Å². The first-order valence-corrected chi connectivity index (χ1v) is 7.97. The quantitative estimate of drug-likeness (QED) is 0.556. The highest BCUT2D eigenvalue weighted by Gasteiger charge is 2.10. The number of rotatable bonds is 5. The van der Waals surface area contributed by atoms with Crippen LogP contribution >= 0.6 is 31.9 Å². The normalized spacial score (nSPS) is 12.1. The summed E-state index contributed by atoms with van der Waals surface area (Å²) in [5.41, 5.74) is 2.26. The summed E-state index contributed by atoms with van der Waals surface area (Å²) in [6.45, 7) is 2.72. The Morgan fingerprint density at radius 2 is 2.00 bits per heavy atom. The minimum atomic E-state index is -0.397. The summed E-state index contributed by atoms with van der Waals surface area (Å²) >= 11 is 6.84. The maximum absolute atomic E-state index is 10.7. The zero-order chi connectivity index (χ0) is 15.4. The molecule has 0 aliphatic heterocycles. The number of hydrogen-bond acceptors (Lipinski definition) is 3. The van der Waals surface area contributed by atoms with E-state index in [1.54, 1.807) is 6.07 Å². The fourth-order valence-electron chi connectivity index (χ4n) is 1.95. The number of nitro benzene ring substituents is 1. The Balaban J connectivity index is 2.04. The number of nitrogens with zero attached hydrogens (tertiary/aromatic N) is 1. The van der Waals surface area contributed by atoms with Crippen molar-refractivity contribution in [3.05, 3.63) is 72.7 Å². The number of nitrogens with one attached hydrogen (secondary N) is 1. The monoisotopic (exact) mass is 412 g/mol. The van der Waals surface area contributed by atoms with Gasteiger partial charge in [-0.15, -0.1) is 0 Å². The fraction of sp³-hybridized carbons (Fsp3) is 0.200. The predicted octanol–water partition coefficient (Wildman–Crippen LogP) is 4.97. The summed E-state index contributed by atoms with van der Waals surface area (Å²) < 4.78 is 1.79. The number of non-ortho nitro benzene ring substituents is 1. The maximum atomic E-state index is 10.7. The van der Waals surface area contributed by atoms with Gasteiger partial charge in [0.15, 0.2) is 0 Å². The second-order valence-corrected chi connectivity index (χ2v) is 6.46. The molecule has 1 atom stereocenters. The molecule has 0 radical (unpaired) electrons. The van der Waals surface area contributed by atoms with E-state index in [1.807, 2.05) is 12.1 Å². The Kier molecular flexibility index (Phi) is 5.50. The molecule has 0 saturated heterocycles. The average molecular weight is 414 g/mol. The molecule has 110 valence electrons. The van der Waals surface area contributed by atoms with Gasteiger partial charge in [-0.3, -0.25) is 10.1 Å². The van der Waals surface area contributed by atoms with E-state index in [0.717, 1.165) is 14.5 Å². The standard InChI is InChI=1S/C15H14Br2N2O2/c1-10(11-3-2-4-13(16)7-11)18-9-12-5-6-14(19(20)21)8-15(12)17/h2-8,10,18H,9H2,1H3/t10-/m0/s1. The van der Waals surface area contributed by atoms with Gasteiger partial charge in [0.2, 0.25) is 0 Å². The Labute approximate surface area is 140 Å². The van der Waals surface area contributed by atoms with Crippen LogP contribution in [0.25, 0.3) is 0 Å². The number of halogens is 2. The molecule has 0 saturated carbocycles. The predicted molar refractivity (Wildman–Crippen MR) is 90.2 cm³/mol. The first-order chi connectivity index (χ1) is 9.97. The van der Waals surface area contributed by atoms with Crippen molar-refractivity contribution in [3.8, 4) is 0 Å². The maximum Gasteiger partial charge on any atom is 0.270 e. The summed E-state index contributed by atoms with van der Waals surface area (Å²) in [5.74, 6) is 0. The highest BCUT2D eigenvalue weighted by molar-refractivity contribution is 9.10. The highest BCUT2D eigenvalue weighted by Crippen LogP contribution is 2.24. The lowest BCUT2D eigenvalue weighted by molar-refractivity contribution is -0.384. The minimum absolute atomic E-state index is 0.0886. The summed E-state index contributed by atoms with van der Waals surface area (Å²) in [7, 11) is 0. The van der Waals surface area contributed by atoms with E-state index < -0.39 is 4.92 Å². The molecule has 0 unspecified atom stereocenters. The zero-order valence-corrected chi connectivity index (χ0v) is 14.5. The summed E-state index contributed by atoms with van der Waals surface area (Å²) in [4.78, 5) is 10.3. The molecule has 6 heteroatoms. The molecule has 21 heavy (non-hydrogen) atoms. The van der Waals surface area contributed by atoms with Crippen LogP contribution in [-0.4, -0.2) is 4.92 Å². The molecule has 0 aliphatic carbocycles. The summed E-state index contributed by atoms with van der Waals surface area (Å²) in [5, 5.41) is 14.1. The van der Waals surface area contributed by atoms with Crippen molar-refractivity contribution in [2.45, 2.75) is 19.5 Å². The molecule has 0 fully saturated rings. The van der Waals surface area contributed by atoms with Gasteiger partial charge in [0, 0.05) is 33.7 Å². The second-order valence-electron chi connectivity index (χ2n) is 4.69. The van der Waals surface area contributed by atoms with Crippen LogP contribution in [0.5, 0.6) is 0 Å². The van der Waals surface area contributed by atoms with Gasteiger partial charge >= 0.3 is 0 Å². The first kappa shape index (κ1) is 16.1. The third-order valence-corrected chi connectivity index (χ3v) is 4.43. The Bertz CT molecular complexity index is 662. The summed E-state index contributed by atoms with van der Waals surface area (Å²) in [6.07, 6.45) is 0.